The fourth-order valence-corrected chi connectivity index (χ4v) is 3.18. The molecule has 1 aromatic carbocycles. The Balaban J connectivity index is 1.51. The molecule has 0 saturated carbocycles. The van der Waals surface area contributed by atoms with E-state index in [1.807, 2.05) is 17.0 Å². The number of nitrogens with zero attached hydrogens (tertiary/aromatic N) is 2. The molecular weight excluding hydrogens is 366 g/mol. The molecule has 0 radical (unpaired) electrons. The van der Waals surface area contributed by atoms with Crippen LogP contribution in [0.25, 0.3) is 6.08 Å². The number of anilines is 1. The van der Waals surface area contributed by atoms with Crippen LogP contribution in [0, 0.1) is 0 Å². The minimum Gasteiger partial charge on any atom is -0.494 e. The number of urea groups is 1. The number of amides is 2. The first kappa shape index (κ1) is 20.7. The average molecular weight is 396 g/mol. The molecule has 1 aliphatic heterocycles. The van der Waals surface area contributed by atoms with Gasteiger partial charge in [-0.25, -0.2) is 9.78 Å². The van der Waals surface area contributed by atoms with Crippen molar-refractivity contribution in [1.82, 2.24) is 9.88 Å². The van der Waals surface area contributed by atoms with Crippen LogP contribution in [0.2, 0.25) is 0 Å². The standard InChI is InChI=1S/C23H29N3O3/c1-3-4-14-29-21-7-5-6-19(16-21)15-18-10-12-26(13-11-18)23(27)25-20-8-9-22(28-2)24-17-20/h5-9,15-17H,3-4,10-14H2,1-2H3,(H,25,27). The largest absolute Gasteiger partial charge is 0.494 e. The SMILES string of the molecule is CCCCOc1cccc(C=C2CCN(C(=O)Nc3ccc(OC)nc3)CC2)c1. The Bertz CT molecular complexity index is 824. The summed E-state index contributed by atoms with van der Waals surface area (Å²) in [6.07, 6.45) is 7.75. The van der Waals surface area contributed by atoms with E-state index < -0.39 is 0 Å². The zero-order valence-corrected chi connectivity index (χ0v) is 17.2. The molecule has 6 heteroatoms. The van der Waals surface area contributed by atoms with Gasteiger partial charge in [0.05, 0.1) is 25.6 Å². The molecule has 1 N–H and O–H groups in total. The maximum absolute atomic E-state index is 12.5. The van der Waals surface area contributed by atoms with Crippen LogP contribution >= 0.6 is 0 Å². The number of carbonyl (C=O) groups excluding carboxylic acids is 1. The third-order valence-corrected chi connectivity index (χ3v) is 4.89. The number of hydrogen-bond donors (Lipinski definition) is 1. The summed E-state index contributed by atoms with van der Waals surface area (Å²) in [5.74, 6) is 1.44. The van der Waals surface area contributed by atoms with Crippen LogP contribution in [0.1, 0.15) is 38.2 Å². The third kappa shape index (κ3) is 6.24. The van der Waals surface area contributed by atoms with Crippen LogP contribution in [0.15, 0.2) is 48.2 Å². The van der Waals surface area contributed by atoms with E-state index in [9.17, 15) is 4.79 Å². The lowest BCUT2D eigenvalue weighted by Crippen LogP contribution is -2.39. The van der Waals surface area contributed by atoms with Crippen molar-refractivity contribution in [3.8, 4) is 11.6 Å². The molecular formula is C23H29N3O3. The molecule has 2 aromatic rings. The number of nitrogens with one attached hydrogen (secondary N) is 1. The van der Waals surface area contributed by atoms with Crippen molar-refractivity contribution < 1.29 is 14.3 Å². The van der Waals surface area contributed by atoms with Gasteiger partial charge in [0.1, 0.15) is 5.75 Å². The van der Waals surface area contributed by atoms with E-state index in [1.165, 1.54) is 5.57 Å². The lowest BCUT2D eigenvalue weighted by atomic mass is 10.0. The molecule has 0 spiro atoms. The van der Waals surface area contributed by atoms with E-state index in [4.69, 9.17) is 9.47 Å². The van der Waals surface area contributed by atoms with Gasteiger partial charge >= 0.3 is 6.03 Å². The van der Waals surface area contributed by atoms with Crippen molar-refractivity contribution in [1.29, 1.82) is 0 Å². The smallest absolute Gasteiger partial charge is 0.321 e. The summed E-state index contributed by atoms with van der Waals surface area (Å²) in [5, 5.41) is 2.89. The van der Waals surface area contributed by atoms with Crippen LogP contribution in [0.4, 0.5) is 10.5 Å². The van der Waals surface area contributed by atoms with E-state index in [2.05, 4.69) is 35.4 Å². The number of unbranched alkanes of at least 4 members (excludes halogenated alkanes) is 1. The van der Waals surface area contributed by atoms with Gasteiger partial charge < -0.3 is 19.7 Å². The predicted molar refractivity (Wildman–Crippen MR) is 115 cm³/mol. The molecule has 1 aliphatic rings. The summed E-state index contributed by atoms with van der Waals surface area (Å²) in [4.78, 5) is 18.4. The zero-order valence-electron chi connectivity index (χ0n) is 17.2. The number of benzene rings is 1. The molecule has 1 aromatic heterocycles. The summed E-state index contributed by atoms with van der Waals surface area (Å²) in [6.45, 7) is 4.32. The Morgan fingerprint density at radius 1 is 1.24 bits per heavy atom. The second-order valence-corrected chi connectivity index (χ2v) is 7.08. The minimum atomic E-state index is -0.0951. The molecule has 6 nitrogen and oxygen atoms in total. The maximum atomic E-state index is 12.5. The van der Waals surface area contributed by atoms with Crippen LogP contribution in [0.3, 0.4) is 0 Å². The van der Waals surface area contributed by atoms with E-state index in [0.29, 0.717) is 24.7 Å². The lowest BCUT2D eigenvalue weighted by Gasteiger charge is -2.28. The number of pyridine rings is 1. The Hall–Kier alpha value is -3.02. The number of ether oxygens (including phenoxy) is 2. The molecule has 0 atom stereocenters. The molecule has 1 saturated heterocycles. The Morgan fingerprint density at radius 3 is 2.76 bits per heavy atom. The van der Waals surface area contributed by atoms with Gasteiger partial charge in [0.2, 0.25) is 5.88 Å². The normalized spacial score (nSPS) is 13.7. The van der Waals surface area contributed by atoms with E-state index >= 15 is 0 Å². The van der Waals surface area contributed by atoms with Gasteiger partial charge in [0.25, 0.3) is 0 Å². The summed E-state index contributed by atoms with van der Waals surface area (Å²) < 4.78 is 10.8. The van der Waals surface area contributed by atoms with E-state index in [1.54, 1.807) is 25.4 Å². The minimum absolute atomic E-state index is 0.0951. The van der Waals surface area contributed by atoms with Gasteiger partial charge in [-0.1, -0.05) is 37.1 Å². The molecule has 3 rings (SSSR count). The van der Waals surface area contributed by atoms with Crippen molar-refractivity contribution in [3.63, 3.8) is 0 Å². The second kappa shape index (κ2) is 10.5. The zero-order chi connectivity index (χ0) is 20.5. The van der Waals surface area contributed by atoms with E-state index in [0.717, 1.165) is 43.6 Å². The van der Waals surface area contributed by atoms with Crippen LogP contribution in [-0.4, -0.2) is 42.7 Å². The predicted octanol–water partition coefficient (Wildman–Crippen LogP) is 4.98. The number of carbonyl (C=O) groups is 1. The van der Waals surface area contributed by atoms with Gasteiger partial charge in [0, 0.05) is 19.2 Å². The topological polar surface area (TPSA) is 63.7 Å². The van der Waals surface area contributed by atoms with E-state index in [-0.39, 0.29) is 6.03 Å². The number of rotatable bonds is 7. The van der Waals surface area contributed by atoms with Gasteiger partial charge in [-0.05, 0) is 43.0 Å². The quantitative estimate of drug-likeness (QED) is 0.672. The van der Waals surface area contributed by atoms with Crippen molar-refractivity contribution in [2.75, 3.05) is 32.1 Å². The lowest BCUT2D eigenvalue weighted by molar-refractivity contribution is 0.208. The summed E-state index contributed by atoms with van der Waals surface area (Å²) in [5.41, 5.74) is 3.17. The van der Waals surface area contributed by atoms with Crippen LogP contribution < -0.4 is 14.8 Å². The molecule has 0 aliphatic carbocycles. The Labute approximate surface area is 172 Å². The first-order chi connectivity index (χ1) is 14.2. The highest BCUT2D eigenvalue weighted by Gasteiger charge is 2.19. The van der Waals surface area contributed by atoms with Crippen molar-refractivity contribution >= 4 is 17.8 Å². The van der Waals surface area contributed by atoms with Gasteiger partial charge in [0.15, 0.2) is 0 Å². The number of methoxy groups -OCH3 is 1. The fraction of sp³-hybridized carbons (Fsp3) is 0.391. The van der Waals surface area contributed by atoms with Crippen molar-refractivity contribution in [2.45, 2.75) is 32.6 Å². The molecule has 1 fully saturated rings. The first-order valence-electron chi connectivity index (χ1n) is 10.2. The van der Waals surface area contributed by atoms with Crippen LogP contribution in [0.5, 0.6) is 11.6 Å². The molecule has 0 unspecified atom stereocenters. The fourth-order valence-electron chi connectivity index (χ4n) is 3.18. The summed E-state index contributed by atoms with van der Waals surface area (Å²) >= 11 is 0. The number of hydrogen-bond acceptors (Lipinski definition) is 4. The highest BCUT2D eigenvalue weighted by molar-refractivity contribution is 5.89. The first-order valence-corrected chi connectivity index (χ1v) is 10.2. The van der Waals surface area contributed by atoms with Gasteiger partial charge in [-0.2, -0.15) is 0 Å². The molecule has 2 amide bonds. The highest BCUT2D eigenvalue weighted by atomic mass is 16.5. The van der Waals surface area contributed by atoms with Crippen LogP contribution in [-0.2, 0) is 0 Å². The average Bonchev–Trinajstić information content (AvgIpc) is 2.75. The third-order valence-electron chi connectivity index (χ3n) is 4.89. The van der Waals surface area contributed by atoms with Gasteiger partial charge in [-0.3, -0.25) is 0 Å². The van der Waals surface area contributed by atoms with Crippen molar-refractivity contribution in [2.24, 2.45) is 0 Å². The molecule has 2 heterocycles. The molecule has 29 heavy (non-hydrogen) atoms. The monoisotopic (exact) mass is 395 g/mol. The number of likely N-dealkylation sites (tertiary alicyclic amines) is 1. The Kier molecular flexibility index (Phi) is 7.50. The second-order valence-electron chi connectivity index (χ2n) is 7.08. The molecule has 154 valence electrons. The van der Waals surface area contributed by atoms with Crippen molar-refractivity contribution in [3.05, 3.63) is 53.7 Å². The highest BCUT2D eigenvalue weighted by Crippen LogP contribution is 2.22. The maximum Gasteiger partial charge on any atom is 0.321 e. The number of aromatic nitrogens is 1. The number of piperidine rings is 1. The van der Waals surface area contributed by atoms with Gasteiger partial charge in [-0.15, -0.1) is 0 Å². The summed E-state index contributed by atoms with van der Waals surface area (Å²) in [7, 11) is 1.56. The molecule has 0 bridgehead atoms. The summed E-state index contributed by atoms with van der Waals surface area (Å²) in [6, 6.07) is 11.6. The Morgan fingerprint density at radius 2 is 2.07 bits per heavy atom.